The fourth-order valence-corrected chi connectivity index (χ4v) is 1.28. The molecule has 0 bridgehead atoms. The minimum atomic E-state index is -0.422. The second-order valence-electron chi connectivity index (χ2n) is 3.86. The van der Waals surface area contributed by atoms with Crippen molar-refractivity contribution in [1.29, 1.82) is 0 Å². The molecule has 0 aliphatic carbocycles. The van der Waals surface area contributed by atoms with Gasteiger partial charge in [-0.05, 0) is 25.5 Å². The van der Waals surface area contributed by atoms with Crippen molar-refractivity contribution in [1.82, 2.24) is 5.32 Å². The van der Waals surface area contributed by atoms with E-state index in [4.69, 9.17) is 4.74 Å². The summed E-state index contributed by atoms with van der Waals surface area (Å²) in [5.41, 5.74) is 0.0788. The van der Waals surface area contributed by atoms with Gasteiger partial charge in [0, 0.05) is 24.7 Å². The molecule has 0 spiro atoms. The summed E-state index contributed by atoms with van der Waals surface area (Å²) in [7, 11) is 0. The summed E-state index contributed by atoms with van der Waals surface area (Å²) in [6.45, 7) is 5.56. The number of ether oxygens (including phenoxy) is 1. The van der Waals surface area contributed by atoms with Gasteiger partial charge in [-0.1, -0.05) is 6.92 Å². The molecule has 0 saturated heterocycles. The lowest BCUT2D eigenvalue weighted by Gasteiger charge is -2.11. The Morgan fingerprint density at radius 2 is 2.06 bits per heavy atom. The van der Waals surface area contributed by atoms with Crippen molar-refractivity contribution >= 4 is 5.69 Å². The van der Waals surface area contributed by atoms with E-state index in [2.05, 4.69) is 19.2 Å². The lowest BCUT2D eigenvalue weighted by Crippen LogP contribution is -2.29. The highest BCUT2D eigenvalue weighted by molar-refractivity contribution is 5.35. The van der Waals surface area contributed by atoms with E-state index >= 15 is 0 Å². The number of hydrogen-bond donors (Lipinski definition) is 1. The van der Waals surface area contributed by atoms with Crippen LogP contribution in [-0.2, 0) is 0 Å². The topological polar surface area (TPSA) is 64.4 Å². The normalized spacial score (nSPS) is 12.1. The Kier molecular flexibility index (Phi) is 5.42. The zero-order chi connectivity index (χ0) is 12.7. The Morgan fingerprint density at radius 1 is 1.41 bits per heavy atom. The van der Waals surface area contributed by atoms with Crippen molar-refractivity contribution in [3.63, 3.8) is 0 Å². The number of benzene rings is 1. The van der Waals surface area contributed by atoms with E-state index < -0.39 is 4.92 Å². The lowest BCUT2D eigenvalue weighted by molar-refractivity contribution is -0.384. The van der Waals surface area contributed by atoms with E-state index in [0.717, 1.165) is 13.0 Å². The molecule has 0 radical (unpaired) electrons. The summed E-state index contributed by atoms with van der Waals surface area (Å²) >= 11 is 0. The largest absolute Gasteiger partial charge is 0.492 e. The third kappa shape index (κ3) is 4.82. The van der Waals surface area contributed by atoms with Gasteiger partial charge in [0.25, 0.3) is 5.69 Å². The number of hydrogen-bond acceptors (Lipinski definition) is 4. The quantitative estimate of drug-likeness (QED) is 0.450. The fraction of sp³-hybridized carbons (Fsp3) is 0.500. The molecule has 0 aromatic heterocycles. The highest BCUT2D eigenvalue weighted by Crippen LogP contribution is 2.16. The molecule has 0 aliphatic rings. The molecule has 1 atom stereocenters. The van der Waals surface area contributed by atoms with Crippen molar-refractivity contribution in [3.8, 4) is 5.75 Å². The van der Waals surface area contributed by atoms with Gasteiger partial charge in [-0.15, -0.1) is 0 Å². The Labute approximate surface area is 101 Å². The minimum Gasteiger partial charge on any atom is -0.492 e. The average Bonchev–Trinajstić information content (AvgIpc) is 2.34. The van der Waals surface area contributed by atoms with E-state index in [1.807, 2.05) is 0 Å². The Balaban J connectivity index is 2.30. The molecule has 1 N–H and O–H groups in total. The van der Waals surface area contributed by atoms with Crippen molar-refractivity contribution in [2.75, 3.05) is 13.2 Å². The van der Waals surface area contributed by atoms with E-state index in [0.29, 0.717) is 18.4 Å². The van der Waals surface area contributed by atoms with Gasteiger partial charge in [0.05, 0.1) is 4.92 Å². The van der Waals surface area contributed by atoms with E-state index in [-0.39, 0.29) is 5.69 Å². The first kappa shape index (κ1) is 13.4. The first-order valence-electron chi connectivity index (χ1n) is 5.74. The number of non-ortho nitro benzene ring substituents is 1. The second kappa shape index (κ2) is 6.85. The van der Waals surface area contributed by atoms with Crippen molar-refractivity contribution in [2.45, 2.75) is 26.3 Å². The first-order chi connectivity index (χ1) is 8.13. The van der Waals surface area contributed by atoms with Gasteiger partial charge in [0.15, 0.2) is 0 Å². The summed E-state index contributed by atoms with van der Waals surface area (Å²) in [4.78, 5) is 10.0. The highest BCUT2D eigenvalue weighted by Gasteiger charge is 2.04. The van der Waals surface area contributed by atoms with Crippen molar-refractivity contribution in [2.24, 2.45) is 0 Å². The van der Waals surface area contributed by atoms with Gasteiger partial charge in [0.1, 0.15) is 12.4 Å². The summed E-state index contributed by atoms with van der Waals surface area (Å²) in [6.07, 6.45) is 1.08. The minimum absolute atomic E-state index is 0.0788. The van der Waals surface area contributed by atoms with E-state index in [1.54, 1.807) is 12.1 Å². The zero-order valence-corrected chi connectivity index (χ0v) is 10.2. The predicted octanol–water partition coefficient (Wildman–Crippen LogP) is 2.36. The predicted molar refractivity (Wildman–Crippen MR) is 66.3 cm³/mol. The Hall–Kier alpha value is -1.62. The monoisotopic (exact) mass is 238 g/mol. The van der Waals surface area contributed by atoms with Crippen LogP contribution in [0, 0.1) is 10.1 Å². The Bertz CT molecular complexity index is 351. The lowest BCUT2D eigenvalue weighted by atomic mass is 10.3. The smallest absolute Gasteiger partial charge is 0.269 e. The molecular formula is C12H18N2O3. The molecule has 1 rings (SSSR count). The van der Waals surface area contributed by atoms with Gasteiger partial charge in [-0.25, -0.2) is 0 Å². The molecule has 1 aromatic carbocycles. The average molecular weight is 238 g/mol. The summed E-state index contributed by atoms with van der Waals surface area (Å²) in [6, 6.07) is 6.59. The second-order valence-corrected chi connectivity index (χ2v) is 3.86. The number of nitrogens with one attached hydrogen (secondary N) is 1. The SMILES string of the molecule is CC[C@H](C)NCCOc1ccc([N+](=O)[O-])cc1. The van der Waals surface area contributed by atoms with Crippen LogP contribution in [0.25, 0.3) is 0 Å². The number of nitro groups is 1. The molecule has 17 heavy (non-hydrogen) atoms. The molecule has 5 nitrogen and oxygen atoms in total. The van der Waals surface area contributed by atoms with Crippen LogP contribution in [-0.4, -0.2) is 24.1 Å². The maximum absolute atomic E-state index is 10.4. The van der Waals surface area contributed by atoms with Gasteiger partial charge in [-0.2, -0.15) is 0 Å². The Morgan fingerprint density at radius 3 is 2.59 bits per heavy atom. The van der Waals surface area contributed by atoms with Gasteiger partial charge >= 0.3 is 0 Å². The van der Waals surface area contributed by atoms with Crippen LogP contribution < -0.4 is 10.1 Å². The molecule has 0 aliphatic heterocycles. The van der Waals surface area contributed by atoms with E-state index in [1.165, 1.54) is 12.1 Å². The van der Waals surface area contributed by atoms with Crippen LogP contribution in [0.15, 0.2) is 24.3 Å². The van der Waals surface area contributed by atoms with Crippen LogP contribution in [0.3, 0.4) is 0 Å². The molecule has 0 fully saturated rings. The first-order valence-corrected chi connectivity index (χ1v) is 5.74. The van der Waals surface area contributed by atoms with Crippen molar-refractivity contribution < 1.29 is 9.66 Å². The number of rotatable bonds is 7. The van der Waals surface area contributed by atoms with Crippen LogP contribution in [0.1, 0.15) is 20.3 Å². The molecular weight excluding hydrogens is 220 g/mol. The molecule has 0 saturated carbocycles. The van der Waals surface area contributed by atoms with Gasteiger partial charge in [0.2, 0.25) is 0 Å². The molecule has 94 valence electrons. The van der Waals surface area contributed by atoms with Gasteiger partial charge < -0.3 is 10.1 Å². The summed E-state index contributed by atoms with van der Waals surface area (Å²) in [5, 5.41) is 13.7. The third-order valence-corrected chi connectivity index (χ3v) is 2.52. The van der Waals surface area contributed by atoms with Crippen molar-refractivity contribution in [3.05, 3.63) is 34.4 Å². The zero-order valence-electron chi connectivity index (χ0n) is 10.2. The molecule has 5 heteroatoms. The van der Waals surface area contributed by atoms with Crippen LogP contribution in [0.4, 0.5) is 5.69 Å². The van der Waals surface area contributed by atoms with Crippen LogP contribution in [0.2, 0.25) is 0 Å². The van der Waals surface area contributed by atoms with Crippen LogP contribution >= 0.6 is 0 Å². The van der Waals surface area contributed by atoms with Gasteiger partial charge in [-0.3, -0.25) is 10.1 Å². The number of nitrogens with zero attached hydrogens (tertiary/aromatic N) is 1. The fourth-order valence-electron chi connectivity index (χ4n) is 1.28. The standard InChI is InChI=1S/C12H18N2O3/c1-3-10(2)13-8-9-17-12-6-4-11(5-7-12)14(15)16/h4-7,10,13H,3,8-9H2,1-2H3/t10-/m0/s1. The number of nitro benzene ring substituents is 1. The maximum atomic E-state index is 10.4. The van der Waals surface area contributed by atoms with E-state index in [9.17, 15) is 10.1 Å². The summed E-state index contributed by atoms with van der Waals surface area (Å²) in [5.74, 6) is 0.654. The van der Waals surface area contributed by atoms with Crippen LogP contribution in [0.5, 0.6) is 5.75 Å². The molecule has 1 aromatic rings. The highest BCUT2D eigenvalue weighted by atomic mass is 16.6. The molecule has 0 heterocycles. The molecule has 0 amide bonds. The summed E-state index contributed by atoms with van der Waals surface area (Å²) < 4.78 is 5.45. The maximum Gasteiger partial charge on any atom is 0.269 e. The third-order valence-electron chi connectivity index (χ3n) is 2.52. The molecule has 0 unspecified atom stereocenters.